The molecule has 144 valence electrons. The number of halogens is 1. The predicted octanol–water partition coefficient (Wildman–Crippen LogP) is 5.68. The van der Waals surface area contributed by atoms with Gasteiger partial charge in [0.15, 0.2) is 0 Å². The van der Waals surface area contributed by atoms with E-state index in [0.29, 0.717) is 23.1 Å². The van der Waals surface area contributed by atoms with Gasteiger partial charge in [0, 0.05) is 22.2 Å². The summed E-state index contributed by atoms with van der Waals surface area (Å²) in [6, 6.07) is 24.9. The van der Waals surface area contributed by atoms with Crippen molar-refractivity contribution < 1.29 is 4.74 Å². The summed E-state index contributed by atoms with van der Waals surface area (Å²) >= 11 is 6.31. The Morgan fingerprint density at radius 2 is 1.77 bits per heavy atom. The summed E-state index contributed by atoms with van der Waals surface area (Å²) in [5.74, 6) is 0.577. The molecule has 5 aromatic rings. The zero-order chi connectivity index (χ0) is 20.5. The zero-order valence-electron chi connectivity index (χ0n) is 15.8. The van der Waals surface area contributed by atoms with Gasteiger partial charge in [-0.2, -0.15) is 15.0 Å². The highest BCUT2D eigenvalue weighted by atomic mass is 35.5. The molecule has 2 heterocycles. The summed E-state index contributed by atoms with van der Waals surface area (Å²) < 4.78 is 7.99. The van der Waals surface area contributed by atoms with E-state index >= 15 is 0 Å². The molecule has 30 heavy (non-hydrogen) atoms. The van der Waals surface area contributed by atoms with Crippen LogP contribution in [-0.2, 0) is 6.61 Å². The minimum atomic E-state index is 0.295. The highest BCUT2D eigenvalue weighted by Crippen LogP contribution is 2.33. The van der Waals surface area contributed by atoms with Gasteiger partial charge in [-0.15, -0.1) is 0 Å². The fraction of sp³-hybridized carbons (Fsp3) is 0.0417. The molecule has 0 spiro atoms. The molecule has 6 heteroatoms. The molecule has 0 aliphatic rings. The van der Waals surface area contributed by atoms with Crippen molar-refractivity contribution in [3.05, 3.63) is 95.1 Å². The van der Waals surface area contributed by atoms with Crippen LogP contribution in [0, 0.1) is 11.3 Å². The van der Waals surface area contributed by atoms with Crippen LogP contribution in [-0.4, -0.2) is 14.8 Å². The van der Waals surface area contributed by atoms with Crippen molar-refractivity contribution in [2.24, 2.45) is 0 Å². The van der Waals surface area contributed by atoms with Crippen LogP contribution >= 0.6 is 11.6 Å². The average molecular weight is 411 g/mol. The Morgan fingerprint density at radius 1 is 0.967 bits per heavy atom. The van der Waals surface area contributed by atoms with Crippen molar-refractivity contribution in [2.75, 3.05) is 0 Å². The van der Waals surface area contributed by atoms with E-state index in [1.165, 1.54) is 0 Å². The van der Waals surface area contributed by atoms with E-state index in [1.54, 1.807) is 16.9 Å². The molecule has 0 aliphatic carbocycles. The van der Waals surface area contributed by atoms with E-state index in [2.05, 4.69) is 11.1 Å². The number of nitrogens with zero attached hydrogens (tertiary/aromatic N) is 4. The third-order valence-corrected chi connectivity index (χ3v) is 5.28. The number of ether oxygens (including phenoxy) is 1. The maximum atomic E-state index is 9.31. The lowest BCUT2D eigenvalue weighted by Crippen LogP contribution is -2.03. The third-order valence-electron chi connectivity index (χ3n) is 4.91. The number of benzene rings is 3. The van der Waals surface area contributed by atoms with E-state index in [4.69, 9.17) is 21.4 Å². The fourth-order valence-corrected chi connectivity index (χ4v) is 3.61. The smallest absolute Gasteiger partial charge is 0.226 e. The number of para-hydroxylation sites is 1. The molecule has 0 amide bonds. The number of pyridine rings is 1. The molecule has 0 saturated heterocycles. The highest BCUT2D eigenvalue weighted by molar-refractivity contribution is 6.31. The van der Waals surface area contributed by atoms with Gasteiger partial charge in [-0.3, -0.25) is 4.98 Å². The van der Waals surface area contributed by atoms with Gasteiger partial charge in [0.25, 0.3) is 0 Å². The molecule has 0 radical (unpaired) electrons. The molecule has 5 nitrogen and oxygen atoms in total. The Hall–Kier alpha value is -3.88. The van der Waals surface area contributed by atoms with Crippen molar-refractivity contribution in [1.82, 2.24) is 14.8 Å². The van der Waals surface area contributed by atoms with Crippen molar-refractivity contribution in [3.8, 4) is 17.6 Å². The Kier molecular flexibility index (Phi) is 4.55. The second-order valence-electron chi connectivity index (χ2n) is 6.80. The second-order valence-corrected chi connectivity index (χ2v) is 7.20. The third kappa shape index (κ3) is 3.14. The molecule has 5 rings (SSSR count). The highest BCUT2D eigenvalue weighted by Gasteiger charge is 2.18. The average Bonchev–Trinajstić information content (AvgIpc) is 3.18. The van der Waals surface area contributed by atoms with Gasteiger partial charge in [0.2, 0.25) is 5.88 Å². The lowest BCUT2D eigenvalue weighted by Gasteiger charge is -2.10. The van der Waals surface area contributed by atoms with Gasteiger partial charge in [0.05, 0.1) is 28.2 Å². The summed E-state index contributed by atoms with van der Waals surface area (Å²) in [7, 11) is 0. The van der Waals surface area contributed by atoms with Gasteiger partial charge in [-0.1, -0.05) is 48.0 Å². The zero-order valence-corrected chi connectivity index (χ0v) is 16.5. The summed E-state index contributed by atoms with van der Waals surface area (Å²) in [4.78, 5) is 4.56. The second kappa shape index (κ2) is 7.51. The van der Waals surface area contributed by atoms with Crippen molar-refractivity contribution in [3.63, 3.8) is 0 Å². The monoisotopic (exact) mass is 410 g/mol. The number of hydrogen-bond donors (Lipinski definition) is 0. The summed E-state index contributed by atoms with van der Waals surface area (Å²) in [6.07, 6.45) is 1.76. The summed E-state index contributed by atoms with van der Waals surface area (Å²) in [6.45, 7) is 0.295. The summed E-state index contributed by atoms with van der Waals surface area (Å²) in [5.41, 5.74) is 3.82. The molecule has 0 atom stereocenters. The number of nitriles is 1. The van der Waals surface area contributed by atoms with Crippen LogP contribution < -0.4 is 4.74 Å². The fourth-order valence-electron chi connectivity index (χ4n) is 3.42. The Labute approximate surface area is 177 Å². The lowest BCUT2D eigenvalue weighted by atomic mass is 10.1. The molecule has 3 aromatic carbocycles. The van der Waals surface area contributed by atoms with Crippen molar-refractivity contribution in [1.29, 1.82) is 5.26 Å². The van der Waals surface area contributed by atoms with Crippen molar-refractivity contribution >= 4 is 33.4 Å². The van der Waals surface area contributed by atoms with Gasteiger partial charge in [0.1, 0.15) is 12.1 Å². The minimum Gasteiger partial charge on any atom is -0.472 e. The van der Waals surface area contributed by atoms with Crippen LogP contribution in [0.25, 0.3) is 27.5 Å². The van der Waals surface area contributed by atoms with Gasteiger partial charge in [-0.25, -0.2) is 0 Å². The van der Waals surface area contributed by atoms with Gasteiger partial charge < -0.3 is 4.74 Å². The minimum absolute atomic E-state index is 0.295. The maximum Gasteiger partial charge on any atom is 0.226 e. The van der Waals surface area contributed by atoms with E-state index in [0.717, 1.165) is 33.1 Å². The first-order valence-corrected chi connectivity index (χ1v) is 9.75. The SMILES string of the molecule is N#Cc1ccc2ncc3c(OCc4ccccc4Cl)n(-c4ccccc4)nc3c2c1. The quantitative estimate of drug-likeness (QED) is 0.382. The predicted molar refractivity (Wildman–Crippen MR) is 117 cm³/mol. The molecule has 2 aromatic heterocycles. The topological polar surface area (TPSA) is 63.7 Å². The number of fused-ring (bicyclic) bond motifs is 3. The number of aromatic nitrogens is 3. The van der Waals surface area contributed by atoms with Crippen LogP contribution in [0.2, 0.25) is 5.02 Å². The van der Waals surface area contributed by atoms with Crippen LogP contribution in [0.3, 0.4) is 0 Å². The molecule has 0 N–H and O–H groups in total. The van der Waals surface area contributed by atoms with E-state index < -0.39 is 0 Å². The summed E-state index contributed by atoms with van der Waals surface area (Å²) in [5, 5.41) is 16.4. The van der Waals surface area contributed by atoms with E-state index in [-0.39, 0.29) is 0 Å². The van der Waals surface area contributed by atoms with Crippen LogP contribution in [0.15, 0.2) is 79.0 Å². The first-order valence-electron chi connectivity index (χ1n) is 9.38. The standard InChI is InChI=1S/C24H15ClN4O/c25-21-9-5-4-6-17(21)15-30-24-20-14-27-22-11-10-16(13-26)12-19(22)23(20)28-29(24)18-7-2-1-3-8-18/h1-12,14H,15H2. The molecular formula is C24H15ClN4O. The van der Waals surface area contributed by atoms with Crippen LogP contribution in [0.1, 0.15) is 11.1 Å². The van der Waals surface area contributed by atoms with Gasteiger partial charge in [-0.05, 0) is 36.4 Å². The van der Waals surface area contributed by atoms with Crippen LogP contribution in [0.4, 0.5) is 0 Å². The first-order chi connectivity index (χ1) is 14.7. The number of hydrogen-bond acceptors (Lipinski definition) is 4. The Balaban J connectivity index is 1.71. The van der Waals surface area contributed by atoms with Crippen molar-refractivity contribution in [2.45, 2.75) is 6.61 Å². The Morgan fingerprint density at radius 3 is 2.57 bits per heavy atom. The molecular weight excluding hydrogens is 396 g/mol. The number of rotatable bonds is 4. The largest absolute Gasteiger partial charge is 0.472 e. The van der Waals surface area contributed by atoms with Gasteiger partial charge >= 0.3 is 0 Å². The maximum absolute atomic E-state index is 9.31. The molecule has 0 fully saturated rings. The lowest BCUT2D eigenvalue weighted by molar-refractivity contribution is 0.288. The molecule has 0 aliphatic heterocycles. The normalized spacial score (nSPS) is 10.9. The Bertz CT molecular complexity index is 1420. The first kappa shape index (κ1) is 18.2. The molecule has 0 saturated carbocycles. The molecule has 0 unspecified atom stereocenters. The van der Waals surface area contributed by atoms with E-state index in [9.17, 15) is 5.26 Å². The van der Waals surface area contributed by atoms with Crippen LogP contribution in [0.5, 0.6) is 5.88 Å². The molecule has 0 bridgehead atoms. The van der Waals surface area contributed by atoms with E-state index in [1.807, 2.05) is 66.7 Å².